The van der Waals surface area contributed by atoms with Gasteiger partial charge in [0, 0.05) is 32.0 Å². The van der Waals surface area contributed by atoms with Gasteiger partial charge in [-0.3, -0.25) is 9.79 Å². The highest BCUT2D eigenvalue weighted by atomic mass is 35.5. The van der Waals surface area contributed by atoms with Crippen LogP contribution in [-0.4, -0.2) is 42.3 Å². The first-order valence-electron chi connectivity index (χ1n) is 20.5. The van der Waals surface area contributed by atoms with E-state index < -0.39 is 0 Å². The number of amidine groups is 1. The fourth-order valence-corrected chi connectivity index (χ4v) is 6.57. The van der Waals surface area contributed by atoms with Gasteiger partial charge in [0.1, 0.15) is 0 Å². The van der Waals surface area contributed by atoms with Gasteiger partial charge in [-0.1, -0.05) is 147 Å². The highest BCUT2D eigenvalue weighted by Crippen LogP contribution is 2.15. The Morgan fingerprint density at radius 3 is 1.51 bits per heavy atom. The summed E-state index contributed by atoms with van der Waals surface area (Å²) in [6.45, 7) is 9.53. The standard InChI is InChI=1S/C42H79N3O.ClH/c1-4-6-8-10-12-14-16-18-20-22-23-25-27-29-31-33-35-41-43-37-38-45(41)39-40(3)44-42(46)36-34-32-30-28-26-24-21-19-17-15-13-11-9-7-5-2;/h18-21,40H,4-17,22-39H2,1-3H3,(H,44,46);1H/b20-18-,21-19-;. The fraction of sp³-hybridized carbons (Fsp3) is 0.857. The second-order valence-electron chi connectivity index (χ2n) is 14.2. The molecule has 1 amide bonds. The maximum atomic E-state index is 12.5. The number of amides is 1. The van der Waals surface area contributed by atoms with Crippen LogP contribution in [0.4, 0.5) is 0 Å². The summed E-state index contributed by atoms with van der Waals surface area (Å²) in [4.78, 5) is 19.7. The monoisotopic (exact) mass is 678 g/mol. The van der Waals surface area contributed by atoms with E-state index in [1.54, 1.807) is 0 Å². The van der Waals surface area contributed by atoms with Crippen molar-refractivity contribution in [2.75, 3.05) is 19.6 Å². The van der Waals surface area contributed by atoms with E-state index >= 15 is 0 Å². The smallest absolute Gasteiger partial charge is 0.220 e. The number of rotatable bonds is 34. The lowest BCUT2D eigenvalue weighted by molar-refractivity contribution is -0.121. The first kappa shape index (κ1) is 45.7. The number of halogens is 1. The van der Waals surface area contributed by atoms with Crippen LogP contribution in [0.5, 0.6) is 0 Å². The highest BCUT2D eigenvalue weighted by molar-refractivity contribution is 5.85. The number of hydrogen-bond donors (Lipinski definition) is 1. The van der Waals surface area contributed by atoms with Crippen molar-refractivity contribution >= 4 is 24.1 Å². The summed E-state index contributed by atoms with van der Waals surface area (Å²) < 4.78 is 0. The summed E-state index contributed by atoms with van der Waals surface area (Å²) >= 11 is 0. The molecule has 1 aliphatic heterocycles. The first-order chi connectivity index (χ1) is 22.7. The Hall–Kier alpha value is -1.29. The number of aliphatic imine (C=N–C) groups is 1. The minimum absolute atomic E-state index is 0. The molecule has 1 heterocycles. The molecular weight excluding hydrogens is 598 g/mol. The normalized spacial score (nSPS) is 13.9. The molecule has 0 aliphatic carbocycles. The molecular formula is C42H80ClN3O. The summed E-state index contributed by atoms with van der Waals surface area (Å²) in [6, 6.07) is 0.179. The van der Waals surface area contributed by atoms with Gasteiger partial charge >= 0.3 is 0 Å². The van der Waals surface area contributed by atoms with Crippen LogP contribution in [0.25, 0.3) is 0 Å². The minimum atomic E-state index is 0. The van der Waals surface area contributed by atoms with Gasteiger partial charge in [-0.05, 0) is 71.1 Å². The molecule has 47 heavy (non-hydrogen) atoms. The molecule has 4 nitrogen and oxygen atoms in total. The van der Waals surface area contributed by atoms with Crippen LogP contribution in [0.1, 0.15) is 207 Å². The van der Waals surface area contributed by atoms with Gasteiger partial charge < -0.3 is 10.2 Å². The Morgan fingerprint density at radius 2 is 1.04 bits per heavy atom. The van der Waals surface area contributed by atoms with Gasteiger partial charge in [-0.15, -0.1) is 12.4 Å². The van der Waals surface area contributed by atoms with Crippen molar-refractivity contribution in [1.29, 1.82) is 0 Å². The molecule has 1 aliphatic rings. The van der Waals surface area contributed by atoms with Gasteiger partial charge in [-0.2, -0.15) is 0 Å². The van der Waals surface area contributed by atoms with Crippen LogP contribution in [-0.2, 0) is 4.79 Å². The van der Waals surface area contributed by atoms with Gasteiger partial charge in [0.15, 0.2) is 0 Å². The SMILES string of the molecule is CCCCCCCC/C=C\CCCCCCCCC1=NCCN1CC(C)NC(=O)CCCCCCC/C=C\CCCCCCCC.Cl. The van der Waals surface area contributed by atoms with E-state index in [1.165, 1.54) is 173 Å². The summed E-state index contributed by atoms with van der Waals surface area (Å²) in [5, 5.41) is 3.25. The molecule has 0 fully saturated rings. The van der Waals surface area contributed by atoms with E-state index in [0.717, 1.165) is 32.5 Å². The van der Waals surface area contributed by atoms with Crippen molar-refractivity contribution < 1.29 is 4.79 Å². The van der Waals surface area contributed by atoms with Crippen LogP contribution < -0.4 is 5.32 Å². The van der Waals surface area contributed by atoms with E-state index in [4.69, 9.17) is 4.99 Å². The predicted molar refractivity (Wildman–Crippen MR) is 212 cm³/mol. The zero-order valence-electron chi connectivity index (χ0n) is 31.7. The molecule has 276 valence electrons. The van der Waals surface area contributed by atoms with Gasteiger partial charge in [0.2, 0.25) is 5.91 Å². The molecule has 1 rings (SSSR count). The third kappa shape index (κ3) is 30.5. The number of allylic oxidation sites excluding steroid dienone is 4. The fourth-order valence-electron chi connectivity index (χ4n) is 6.57. The largest absolute Gasteiger partial charge is 0.356 e. The number of carbonyl (C=O) groups excluding carboxylic acids is 1. The number of nitrogens with one attached hydrogen (secondary N) is 1. The molecule has 0 spiro atoms. The van der Waals surface area contributed by atoms with E-state index in [9.17, 15) is 4.79 Å². The van der Waals surface area contributed by atoms with E-state index in [2.05, 4.69) is 55.3 Å². The van der Waals surface area contributed by atoms with Crippen molar-refractivity contribution in [3.8, 4) is 0 Å². The summed E-state index contributed by atoms with van der Waals surface area (Å²) in [6.07, 6.45) is 47.0. The van der Waals surface area contributed by atoms with Gasteiger partial charge in [0.25, 0.3) is 0 Å². The Labute approximate surface area is 300 Å². The summed E-state index contributed by atoms with van der Waals surface area (Å²) in [5.74, 6) is 1.49. The molecule has 1 atom stereocenters. The van der Waals surface area contributed by atoms with E-state index in [0.29, 0.717) is 6.42 Å². The highest BCUT2D eigenvalue weighted by Gasteiger charge is 2.19. The molecule has 0 aromatic heterocycles. The van der Waals surface area contributed by atoms with Crippen LogP contribution in [0, 0.1) is 0 Å². The van der Waals surface area contributed by atoms with Crippen LogP contribution in [0.15, 0.2) is 29.3 Å². The quantitative estimate of drug-likeness (QED) is 0.0544. The van der Waals surface area contributed by atoms with Gasteiger partial charge in [0.05, 0.1) is 12.4 Å². The summed E-state index contributed by atoms with van der Waals surface area (Å²) in [7, 11) is 0. The zero-order valence-corrected chi connectivity index (χ0v) is 32.5. The van der Waals surface area contributed by atoms with Crippen molar-refractivity contribution in [1.82, 2.24) is 10.2 Å². The lowest BCUT2D eigenvalue weighted by atomic mass is 10.1. The van der Waals surface area contributed by atoms with Crippen LogP contribution in [0.2, 0.25) is 0 Å². The Morgan fingerprint density at radius 1 is 0.638 bits per heavy atom. The third-order valence-electron chi connectivity index (χ3n) is 9.51. The van der Waals surface area contributed by atoms with Crippen molar-refractivity contribution in [3.63, 3.8) is 0 Å². The van der Waals surface area contributed by atoms with Gasteiger partial charge in [-0.25, -0.2) is 0 Å². The zero-order chi connectivity index (χ0) is 33.2. The maximum Gasteiger partial charge on any atom is 0.220 e. The molecule has 0 aromatic carbocycles. The Bertz CT molecular complexity index is 765. The minimum Gasteiger partial charge on any atom is -0.356 e. The first-order valence-corrected chi connectivity index (χ1v) is 20.5. The third-order valence-corrected chi connectivity index (χ3v) is 9.51. The van der Waals surface area contributed by atoms with E-state index in [-0.39, 0.29) is 24.4 Å². The number of unbranched alkanes of at least 4 members (excludes halogenated alkanes) is 23. The van der Waals surface area contributed by atoms with Crippen molar-refractivity contribution in [3.05, 3.63) is 24.3 Å². The Kier molecular flexibility index (Phi) is 35.0. The molecule has 0 radical (unpaired) electrons. The lowest BCUT2D eigenvalue weighted by Gasteiger charge is -2.25. The number of hydrogen-bond acceptors (Lipinski definition) is 3. The molecule has 1 N–H and O–H groups in total. The van der Waals surface area contributed by atoms with Crippen LogP contribution >= 0.6 is 12.4 Å². The lowest BCUT2D eigenvalue weighted by Crippen LogP contribution is -2.43. The molecule has 0 saturated carbocycles. The second-order valence-corrected chi connectivity index (χ2v) is 14.2. The van der Waals surface area contributed by atoms with E-state index in [1.807, 2.05) is 0 Å². The molecule has 1 unspecified atom stereocenters. The molecule has 0 aromatic rings. The molecule has 0 saturated heterocycles. The topological polar surface area (TPSA) is 44.7 Å². The second kappa shape index (κ2) is 36.0. The number of nitrogens with zero attached hydrogens (tertiary/aromatic N) is 2. The average Bonchev–Trinajstić information content (AvgIpc) is 3.48. The average molecular weight is 679 g/mol. The van der Waals surface area contributed by atoms with Crippen molar-refractivity contribution in [2.24, 2.45) is 4.99 Å². The predicted octanol–water partition coefficient (Wildman–Crippen LogP) is 13.1. The molecule has 0 bridgehead atoms. The van der Waals surface area contributed by atoms with Crippen molar-refractivity contribution in [2.45, 2.75) is 213 Å². The molecule has 5 heteroatoms. The number of carbonyl (C=O) groups is 1. The van der Waals surface area contributed by atoms with Crippen LogP contribution in [0.3, 0.4) is 0 Å². The maximum absolute atomic E-state index is 12.5. The summed E-state index contributed by atoms with van der Waals surface area (Å²) in [5.41, 5.74) is 0. The Balaban J connectivity index is 0.0000212.